The highest BCUT2D eigenvalue weighted by Crippen LogP contribution is 2.39. The van der Waals surface area contributed by atoms with Gasteiger partial charge >= 0.3 is 12.0 Å². The second kappa shape index (κ2) is 5.94. The molecule has 128 valence electrons. The molecule has 0 aromatic carbocycles. The first-order valence-electron chi connectivity index (χ1n) is 8.92. The van der Waals surface area contributed by atoms with E-state index in [1.54, 1.807) is 0 Å². The van der Waals surface area contributed by atoms with Crippen LogP contribution in [0.1, 0.15) is 24.3 Å². The molecule has 24 heavy (non-hydrogen) atoms. The van der Waals surface area contributed by atoms with E-state index < -0.39 is 60.3 Å². The van der Waals surface area contributed by atoms with Crippen molar-refractivity contribution in [3.05, 3.63) is 53.3 Å². The van der Waals surface area contributed by atoms with Crippen molar-refractivity contribution in [1.82, 2.24) is 9.88 Å². The molecule has 1 aliphatic heterocycles. The van der Waals surface area contributed by atoms with Crippen LogP contribution in [0.5, 0.6) is 0 Å². The molecular formula is C16H15F3N2O3. The van der Waals surface area contributed by atoms with Crippen molar-refractivity contribution < 1.29 is 33.3 Å². The second-order valence-electron chi connectivity index (χ2n) is 5.24. The van der Waals surface area contributed by atoms with Crippen molar-refractivity contribution in [1.29, 1.82) is 0 Å². The molecule has 2 unspecified atom stereocenters. The normalized spacial score (nSPS) is 31.8. The van der Waals surface area contributed by atoms with Crippen LogP contribution in [0.3, 0.4) is 0 Å². The maximum Gasteiger partial charge on any atom is 0.482 e. The van der Waals surface area contributed by atoms with Crippen molar-refractivity contribution in [3.8, 4) is 0 Å². The summed E-state index contributed by atoms with van der Waals surface area (Å²) in [6.07, 6.45) is -6.20. The minimum Gasteiger partial charge on any atom is -0.427 e. The first-order valence-corrected chi connectivity index (χ1v) is 6.92. The van der Waals surface area contributed by atoms with Crippen LogP contribution in [0, 0.1) is 5.82 Å². The third-order valence-electron chi connectivity index (χ3n) is 3.44. The summed E-state index contributed by atoms with van der Waals surface area (Å²) >= 11 is 0. The van der Waals surface area contributed by atoms with E-state index in [0.717, 1.165) is 31.5 Å². The van der Waals surface area contributed by atoms with Gasteiger partial charge in [-0.25, -0.2) is 4.39 Å². The van der Waals surface area contributed by atoms with Crippen molar-refractivity contribution >= 4 is 5.91 Å². The Hall–Kier alpha value is -2.35. The number of halogens is 3. The number of hydrogen-bond donors (Lipinski definition) is 1. The fraction of sp³-hybridized carbons (Fsp3) is 0.375. The largest absolute Gasteiger partial charge is 0.482 e. The highest BCUT2D eigenvalue weighted by molar-refractivity contribution is 5.84. The molecule has 2 aliphatic rings. The van der Waals surface area contributed by atoms with Gasteiger partial charge in [-0.3, -0.25) is 9.78 Å². The van der Waals surface area contributed by atoms with Crippen LogP contribution < -0.4 is 0 Å². The summed E-state index contributed by atoms with van der Waals surface area (Å²) < 4.78 is 79.2. The van der Waals surface area contributed by atoms with Crippen molar-refractivity contribution in [2.75, 3.05) is 0 Å². The molecule has 5 nitrogen and oxygen atoms in total. The predicted molar refractivity (Wildman–Crippen MR) is 77.0 cm³/mol. The van der Waals surface area contributed by atoms with Crippen molar-refractivity contribution in [2.45, 2.75) is 38.1 Å². The van der Waals surface area contributed by atoms with Gasteiger partial charge in [0.2, 0.25) is 0 Å². The fourth-order valence-corrected chi connectivity index (χ4v) is 2.36. The number of morpholine rings is 1. The lowest BCUT2D eigenvalue weighted by atomic mass is 9.94. The summed E-state index contributed by atoms with van der Waals surface area (Å²) in [5.74, 6) is -3.84. The van der Waals surface area contributed by atoms with Gasteiger partial charge in [0.05, 0.1) is 21.1 Å². The number of aromatic nitrogens is 1. The van der Waals surface area contributed by atoms with Crippen molar-refractivity contribution in [3.63, 3.8) is 0 Å². The van der Waals surface area contributed by atoms with E-state index in [2.05, 4.69) is 9.72 Å². The SMILES string of the molecule is [2H]C1=CC(C(C)O)=C2OC(F)(F)C(=O)N(Cc3cncc(F)c3)C2([2H])C1([2H])[2H]. The smallest absolute Gasteiger partial charge is 0.427 e. The first-order chi connectivity index (χ1) is 12.8. The number of pyridine rings is 1. The highest BCUT2D eigenvalue weighted by Gasteiger charge is 2.54. The number of hydrogen-bond acceptors (Lipinski definition) is 4. The summed E-state index contributed by atoms with van der Waals surface area (Å²) in [7, 11) is 0. The molecule has 0 radical (unpaired) electrons. The van der Waals surface area contributed by atoms with E-state index in [9.17, 15) is 23.1 Å². The quantitative estimate of drug-likeness (QED) is 0.913. The molecule has 2 atom stereocenters. The van der Waals surface area contributed by atoms with Gasteiger partial charge in [-0.05, 0) is 24.9 Å². The lowest BCUT2D eigenvalue weighted by Crippen LogP contribution is -2.56. The Morgan fingerprint density at radius 3 is 3.08 bits per heavy atom. The fourth-order valence-electron chi connectivity index (χ4n) is 2.36. The second-order valence-corrected chi connectivity index (χ2v) is 5.24. The summed E-state index contributed by atoms with van der Waals surface area (Å²) in [4.78, 5) is 16.1. The molecule has 2 heterocycles. The van der Waals surface area contributed by atoms with Crippen LogP contribution in [0.25, 0.3) is 0 Å². The Labute approximate surface area is 141 Å². The lowest BCUT2D eigenvalue weighted by molar-refractivity contribution is -0.245. The van der Waals surface area contributed by atoms with E-state index in [-0.39, 0.29) is 10.5 Å². The highest BCUT2D eigenvalue weighted by atomic mass is 19.3. The van der Waals surface area contributed by atoms with E-state index >= 15 is 0 Å². The minimum atomic E-state index is -4.45. The van der Waals surface area contributed by atoms with E-state index in [1.165, 1.54) is 0 Å². The van der Waals surface area contributed by atoms with Gasteiger partial charge in [-0.2, -0.15) is 8.78 Å². The predicted octanol–water partition coefficient (Wildman–Crippen LogP) is 2.14. The molecule has 1 aromatic rings. The van der Waals surface area contributed by atoms with Crippen LogP contribution in [-0.2, 0) is 16.1 Å². The molecule has 1 N–H and O–H groups in total. The Morgan fingerprint density at radius 2 is 2.42 bits per heavy atom. The summed E-state index contributed by atoms with van der Waals surface area (Å²) in [6, 6.07) is -2.85. The summed E-state index contributed by atoms with van der Waals surface area (Å²) in [5.41, 5.74) is -0.503. The number of aliphatic hydroxyl groups is 1. The molecule has 0 spiro atoms. The molecule has 1 aromatic heterocycles. The third kappa shape index (κ3) is 2.89. The maximum absolute atomic E-state index is 14.3. The summed E-state index contributed by atoms with van der Waals surface area (Å²) in [6.45, 7) is 0.363. The van der Waals surface area contributed by atoms with Gasteiger partial charge in [-0.15, -0.1) is 0 Å². The van der Waals surface area contributed by atoms with Crippen LogP contribution >= 0.6 is 0 Å². The van der Waals surface area contributed by atoms with Crippen molar-refractivity contribution in [2.24, 2.45) is 0 Å². The van der Waals surface area contributed by atoms with Gasteiger partial charge in [0.25, 0.3) is 0 Å². The molecule has 3 rings (SSSR count). The number of carbonyl (C=O) groups excluding carboxylic acids is 1. The molecule has 0 saturated carbocycles. The number of nitrogens with zero attached hydrogens (tertiary/aromatic N) is 2. The number of amides is 1. The van der Waals surface area contributed by atoms with Gasteiger partial charge in [0, 0.05) is 21.1 Å². The number of ether oxygens (including phenoxy) is 1. The minimum absolute atomic E-state index is 0.0764. The number of aliphatic hydroxyl groups excluding tert-OH is 1. The average molecular weight is 344 g/mol. The van der Waals surface area contributed by atoms with Crippen LogP contribution in [0.2, 0.25) is 0 Å². The Bertz CT molecular complexity index is 907. The zero-order chi connectivity index (χ0) is 21.1. The first kappa shape index (κ1) is 12.1. The zero-order valence-electron chi connectivity index (χ0n) is 16.4. The van der Waals surface area contributed by atoms with Gasteiger partial charge in [0.15, 0.2) is 0 Å². The lowest BCUT2D eigenvalue weighted by Gasteiger charge is -2.42. The van der Waals surface area contributed by atoms with Gasteiger partial charge < -0.3 is 14.7 Å². The molecule has 0 bridgehead atoms. The van der Waals surface area contributed by atoms with E-state index in [0.29, 0.717) is 0 Å². The molecule has 1 fully saturated rings. The van der Waals surface area contributed by atoms with Crippen LogP contribution in [0.4, 0.5) is 13.2 Å². The van der Waals surface area contributed by atoms with Gasteiger partial charge in [-0.1, -0.05) is 12.1 Å². The molecule has 1 aliphatic carbocycles. The topological polar surface area (TPSA) is 62.7 Å². The van der Waals surface area contributed by atoms with Gasteiger partial charge in [0.1, 0.15) is 11.6 Å². The Morgan fingerprint density at radius 1 is 1.67 bits per heavy atom. The Kier molecular flexibility index (Phi) is 2.99. The molecule has 8 heteroatoms. The van der Waals surface area contributed by atoms with Crippen LogP contribution in [-0.4, -0.2) is 39.1 Å². The van der Waals surface area contributed by atoms with Crippen LogP contribution in [0.15, 0.2) is 41.9 Å². The number of rotatable bonds is 3. The third-order valence-corrected chi connectivity index (χ3v) is 3.44. The number of carbonyl (C=O) groups is 1. The maximum atomic E-state index is 14.3. The number of alkyl halides is 2. The molecule has 1 amide bonds. The molecule has 1 saturated heterocycles. The number of fused-ring (bicyclic) bond motifs is 1. The Balaban J connectivity index is 2.24. The standard InChI is InChI=1S/C16H15F3N2O3/c1-9(22)12-3-2-4-13-14(12)24-16(18,19)15(23)21(13)8-10-5-11(17)7-20-6-10/h2-3,5-7,9,13,22H,4,8H2,1H3/i2D,4D2,13D. The zero-order valence-corrected chi connectivity index (χ0v) is 12.4. The molecular weight excluding hydrogens is 325 g/mol. The van der Waals surface area contributed by atoms with E-state index in [1.807, 2.05) is 0 Å². The monoisotopic (exact) mass is 344 g/mol. The van der Waals surface area contributed by atoms with E-state index in [4.69, 9.17) is 5.48 Å². The summed E-state index contributed by atoms with van der Waals surface area (Å²) in [5, 5.41) is 9.89. The average Bonchev–Trinajstić information content (AvgIpc) is 2.58.